The van der Waals surface area contributed by atoms with Gasteiger partial charge in [-0.3, -0.25) is 9.59 Å². The molecular formula is C14H19ClN2O4S. The Balaban J connectivity index is 2.80. The average molecular weight is 347 g/mol. The number of nitrogens with one attached hydrogen (secondary N) is 2. The number of rotatable bonds is 7. The molecule has 0 spiro atoms. The summed E-state index contributed by atoms with van der Waals surface area (Å²) in [5, 5.41) is 5.62. The summed E-state index contributed by atoms with van der Waals surface area (Å²) < 4.78 is 22.5. The molecule has 1 rings (SSSR count). The van der Waals surface area contributed by atoms with Crippen LogP contribution in [-0.4, -0.2) is 44.8 Å². The van der Waals surface area contributed by atoms with E-state index in [1.54, 1.807) is 19.1 Å². The molecule has 0 aromatic heterocycles. The fourth-order valence-corrected chi connectivity index (χ4v) is 2.53. The van der Waals surface area contributed by atoms with E-state index in [2.05, 4.69) is 10.6 Å². The van der Waals surface area contributed by atoms with E-state index < -0.39 is 27.7 Å². The predicted molar refractivity (Wildman–Crippen MR) is 85.7 cm³/mol. The second-order valence-electron chi connectivity index (χ2n) is 4.85. The van der Waals surface area contributed by atoms with E-state index in [0.29, 0.717) is 17.1 Å². The molecule has 0 heterocycles. The highest BCUT2D eigenvalue weighted by Crippen LogP contribution is 2.10. The van der Waals surface area contributed by atoms with E-state index >= 15 is 0 Å². The van der Waals surface area contributed by atoms with Gasteiger partial charge in [-0.25, -0.2) is 8.42 Å². The van der Waals surface area contributed by atoms with Crippen LogP contribution in [0.4, 0.5) is 0 Å². The molecule has 0 saturated carbocycles. The van der Waals surface area contributed by atoms with E-state index in [1.165, 1.54) is 12.1 Å². The zero-order valence-corrected chi connectivity index (χ0v) is 14.0. The van der Waals surface area contributed by atoms with Gasteiger partial charge in [0.15, 0.2) is 0 Å². The lowest BCUT2D eigenvalue weighted by Crippen LogP contribution is -2.47. The van der Waals surface area contributed by atoms with Crippen LogP contribution in [0.15, 0.2) is 24.3 Å². The Bertz CT molecular complexity index is 629. The van der Waals surface area contributed by atoms with Gasteiger partial charge in [0.1, 0.15) is 15.9 Å². The summed E-state index contributed by atoms with van der Waals surface area (Å²) in [5.74, 6) is -1.05. The molecule has 0 aliphatic carbocycles. The van der Waals surface area contributed by atoms with Gasteiger partial charge >= 0.3 is 0 Å². The third-order valence-corrected chi connectivity index (χ3v) is 4.09. The monoisotopic (exact) mass is 346 g/mol. The number of sulfone groups is 1. The number of amides is 2. The van der Waals surface area contributed by atoms with Crippen molar-refractivity contribution >= 4 is 33.3 Å². The van der Waals surface area contributed by atoms with E-state index in [4.69, 9.17) is 11.6 Å². The first kappa shape index (κ1) is 18.4. The zero-order valence-electron chi connectivity index (χ0n) is 12.4. The number of halogens is 1. The maximum atomic E-state index is 12.1. The zero-order chi connectivity index (χ0) is 16.8. The SMILES string of the molecule is CCNC(=O)[C@@H](CCS(C)(=O)=O)NC(=O)c1ccc(Cl)cc1. The lowest BCUT2D eigenvalue weighted by atomic mass is 10.1. The third kappa shape index (κ3) is 6.44. The standard InChI is InChI=1S/C14H19ClN2O4S/c1-3-16-14(19)12(8-9-22(2,20)21)17-13(18)10-4-6-11(15)7-5-10/h4-7,12H,3,8-9H2,1-2H3,(H,16,19)(H,17,18)/t12-/m1/s1. The van der Waals surface area contributed by atoms with Crippen molar-refractivity contribution in [1.29, 1.82) is 0 Å². The largest absolute Gasteiger partial charge is 0.355 e. The normalized spacial score (nSPS) is 12.5. The maximum absolute atomic E-state index is 12.1. The summed E-state index contributed by atoms with van der Waals surface area (Å²) in [6.07, 6.45) is 1.10. The minimum atomic E-state index is -3.22. The molecule has 2 N–H and O–H groups in total. The molecule has 122 valence electrons. The molecular weight excluding hydrogens is 328 g/mol. The molecule has 0 aliphatic rings. The number of likely N-dealkylation sites (N-methyl/N-ethyl adjacent to an activating group) is 1. The van der Waals surface area contributed by atoms with Gasteiger partial charge in [0.25, 0.3) is 5.91 Å². The summed E-state index contributed by atoms with van der Waals surface area (Å²) in [6.45, 7) is 2.14. The molecule has 6 nitrogen and oxygen atoms in total. The lowest BCUT2D eigenvalue weighted by Gasteiger charge is -2.17. The lowest BCUT2D eigenvalue weighted by molar-refractivity contribution is -0.122. The fourth-order valence-electron chi connectivity index (χ4n) is 1.74. The van der Waals surface area contributed by atoms with Crippen LogP contribution in [0.3, 0.4) is 0 Å². The molecule has 1 atom stereocenters. The summed E-state index contributed by atoms with van der Waals surface area (Å²) in [7, 11) is -3.22. The van der Waals surface area contributed by atoms with Crippen LogP contribution in [0.1, 0.15) is 23.7 Å². The average Bonchev–Trinajstić information content (AvgIpc) is 2.43. The Hall–Kier alpha value is -1.60. The summed E-state index contributed by atoms with van der Waals surface area (Å²) >= 11 is 5.75. The van der Waals surface area contributed by atoms with Crippen LogP contribution in [0.25, 0.3) is 0 Å². The second kappa shape index (κ2) is 8.14. The van der Waals surface area contributed by atoms with Crippen molar-refractivity contribution in [2.45, 2.75) is 19.4 Å². The van der Waals surface area contributed by atoms with Crippen molar-refractivity contribution in [3.8, 4) is 0 Å². The second-order valence-corrected chi connectivity index (χ2v) is 7.54. The van der Waals surface area contributed by atoms with Crippen molar-refractivity contribution in [3.05, 3.63) is 34.9 Å². The molecule has 0 saturated heterocycles. The first-order valence-corrected chi connectivity index (χ1v) is 9.18. The number of carbonyl (C=O) groups is 2. The van der Waals surface area contributed by atoms with Crippen molar-refractivity contribution in [2.75, 3.05) is 18.6 Å². The Morgan fingerprint density at radius 3 is 2.32 bits per heavy atom. The highest BCUT2D eigenvalue weighted by atomic mass is 35.5. The van der Waals surface area contributed by atoms with Gasteiger partial charge in [-0.05, 0) is 37.6 Å². The Kier molecular flexibility index (Phi) is 6.83. The Morgan fingerprint density at radius 2 is 1.82 bits per heavy atom. The van der Waals surface area contributed by atoms with Gasteiger partial charge in [0.2, 0.25) is 5.91 Å². The molecule has 1 aromatic carbocycles. The summed E-state index contributed by atoms with van der Waals surface area (Å²) in [5.41, 5.74) is 0.345. The number of benzene rings is 1. The van der Waals surface area contributed by atoms with E-state index in [0.717, 1.165) is 6.26 Å². The molecule has 22 heavy (non-hydrogen) atoms. The van der Waals surface area contributed by atoms with Crippen LogP contribution in [-0.2, 0) is 14.6 Å². The van der Waals surface area contributed by atoms with Gasteiger partial charge < -0.3 is 10.6 Å². The van der Waals surface area contributed by atoms with Crippen molar-refractivity contribution in [3.63, 3.8) is 0 Å². The Labute approximate surface area is 135 Å². The minimum absolute atomic E-state index is 0.0179. The van der Waals surface area contributed by atoms with Crippen molar-refractivity contribution < 1.29 is 18.0 Å². The van der Waals surface area contributed by atoms with E-state index in [9.17, 15) is 18.0 Å². The van der Waals surface area contributed by atoms with Crippen LogP contribution >= 0.6 is 11.6 Å². The maximum Gasteiger partial charge on any atom is 0.251 e. The van der Waals surface area contributed by atoms with Gasteiger partial charge in [0, 0.05) is 23.4 Å². The molecule has 8 heteroatoms. The molecule has 0 unspecified atom stereocenters. The van der Waals surface area contributed by atoms with Crippen LogP contribution in [0, 0.1) is 0 Å². The minimum Gasteiger partial charge on any atom is -0.355 e. The highest BCUT2D eigenvalue weighted by Gasteiger charge is 2.22. The Morgan fingerprint density at radius 1 is 1.23 bits per heavy atom. The topological polar surface area (TPSA) is 92.3 Å². The third-order valence-electron chi connectivity index (χ3n) is 2.86. The predicted octanol–water partition coefficient (Wildman–Crippen LogP) is 1.01. The smallest absolute Gasteiger partial charge is 0.251 e. The van der Waals surface area contributed by atoms with Crippen molar-refractivity contribution in [2.24, 2.45) is 0 Å². The van der Waals surface area contributed by atoms with Gasteiger partial charge in [-0.2, -0.15) is 0 Å². The molecule has 0 fully saturated rings. The first-order valence-electron chi connectivity index (χ1n) is 6.75. The molecule has 1 aromatic rings. The van der Waals surface area contributed by atoms with E-state index in [1.807, 2.05) is 0 Å². The van der Waals surface area contributed by atoms with Crippen LogP contribution in [0.2, 0.25) is 5.02 Å². The summed E-state index contributed by atoms with van der Waals surface area (Å²) in [4.78, 5) is 24.1. The van der Waals surface area contributed by atoms with Crippen molar-refractivity contribution in [1.82, 2.24) is 10.6 Å². The summed E-state index contributed by atoms with van der Waals surface area (Å²) in [6, 6.07) is 5.28. The molecule has 0 bridgehead atoms. The molecule has 0 aliphatic heterocycles. The van der Waals surface area contributed by atoms with Gasteiger partial charge in [0.05, 0.1) is 5.75 Å². The molecule has 0 radical (unpaired) electrons. The number of carbonyl (C=O) groups excluding carboxylic acids is 2. The first-order chi connectivity index (χ1) is 10.2. The number of hydrogen-bond acceptors (Lipinski definition) is 4. The van der Waals surface area contributed by atoms with Gasteiger partial charge in [-0.1, -0.05) is 11.6 Å². The highest BCUT2D eigenvalue weighted by molar-refractivity contribution is 7.90. The fraction of sp³-hybridized carbons (Fsp3) is 0.429. The number of hydrogen-bond donors (Lipinski definition) is 2. The van der Waals surface area contributed by atoms with Crippen LogP contribution in [0.5, 0.6) is 0 Å². The van der Waals surface area contributed by atoms with E-state index in [-0.39, 0.29) is 12.2 Å². The van der Waals surface area contributed by atoms with Crippen LogP contribution < -0.4 is 10.6 Å². The quantitative estimate of drug-likeness (QED) is 0.770. The molecule has 2 amide bonds. The van der Waals surface area contributed by atoms with Gasteiger partial charge in [-0.15, -0.1) is 0 Å².